The van der Waals surface area contributed by atoms with Crippen LogP contribution in [-0.2, 0) is 16.0 Å². The molecule has 0 aliphatic heterocycles. The molecule has 0 heterocycles. The lowest BCUT2D eigenvalue weighted by atomic mass is 10.0. The van der Waals surface area contributed by atoms with Crippen LogP contribution in [0.5, 0.6) is 5.75 Å². The Labute approximate surface area is 176 Å². The summed E-state index contributed by atoms with van der Waals surface area (Å²) in [4.78, 5) is 13.6. The van der Waals surface area contributed by atoms with E-state index in [0.29, 0.717) is 30.5 Å². The molecule has 154 valence electrons. The van der Waals surface area contributed by atoms with Crippen LogP contribution in [-0.4, -0.2) is 49.4 Å². The van der Waals surface area contributed by atoms with E-state index in [1.165, 1.54) is 24.3 Å². The number of ether oxygens (including phenoxy) is 2. The normalized spacial score (nSPS) is 15.7. The van der Waals surface area contributed by atoms with Gasteiger partial charge in [0.05, 0.1) is 18.7 Å². The van der Waals surface area contributed by atoms with Crippen molar-refractivity contribution in [2.75, 3.05) is 33.4 Å². The number of esters is 1. The number of halogens is 1. The van der Waals surface area contributed by atoms with Crippen molar-refractivity contribution in [2.45, 2.75) is 18.9 Å². The van der Waals surface area contributed by atoms with Crippen molar-refractivity contribution < 1.29 is 19.4 Å². The number of aliphatic hydroxyl groups is 1. The van der Waals surface area contributed by atoms with Crippen LogP contribution in [0.15, 0.2) is 48.5 Å². The van der Waals surface area contributed by atoms with Crippen LogP contribution in [0.1, 0.15) is 29.2 Å². The number of aryl methyl sites for hydroxylation is 1. The fourth-order valence-electron chi connectivity index (χ4n) is 3.72. The van der Waals surface area contributed by atoms with Gasteiger partial charge in [0.25, 0.3) is 0 Å². The van der Waals surface area contributed by atoms with Gasteiger partial charge in [0, 0.05) is 25.2 Å². The number of methoxy groups -OCH3 is 1. The summed E-state index contributed by atoms with van der Waals surface area (Å²) in [5.74, 6) is 0.308. The Hall–Kier alpha value is -2.34. The molecule has 2 aromatic rings. The molecule has 1 aliphatic rings. The van der Waals surface area contributed by atoms with Crippen LogP contribution in [0.25, 0.3) is 6.08 Å². The highest BCUT2D eigenvalue weighted by molar-refractivity contribution is 6.32. The molecule has 0 saturated carbocycles. The molecule has 1 N–H and O–H groups in total. The minimum Gasteiger partial charge on any atom is -0.491 e. The Bertz CT molecular complexity index is 868. The molecule has 2 aromatic carbocycles. The lowest BCUT2D eigenvalue weighted by molar-refractivity contribution is -0.134. The van der Waals surface area contributed by atoms with Crippen molar-refractivity contribution in [3.05, 3.63) is 70.3 Å². The Morgan fingerprint density at radius 2 is 2.10 bits per heavy atom. The van der Waals surface area contributed by atoms with Gasteiger partial charge in [-0.25, -0.2) is 4.79 Å². The van der Waals surface area contributed by atoms with Crippen molar-refractivity contribution in [2.24, 2.45) is 0 Å². The number of rotatable bonds is 9. The van der Waals surface area contributed by atoms with Crippen LogP contribution < -0.4 is 4.74 Å². The van der Waals surface area contributed by atoms with Gasteiger partial charge in [0.1, 0.15) is 12.4 Å². The molecule has 5 nitrogen and oxygen atoms in total. The number of hydrogen-bond donors (Lipinski definition) is 1. The standard InChI is InChI=1S/C23H26ClNO4/c1-28-23(27)11-7-17-6-9-19-18(16-17)8-10-21(19)25(12-14-26)13-15-29-22-5-3-2-4-20(22)24/h2-7,9,11,16,21,26H,8,10,12-15H2,1H3. The van der Waals surface area contributed by atoms with E-state index in [1.807, 2.05) is 30.3 Å². The van der Waals surface area contributed by atoms with Crippen LogP contribution >= 0.6 is 11.6 Å². The summed E-state index contributed by atoms with van der Waals surface area (Å²) in [6.07, 6.45) is 5.15. The van der Waals surface area contributed by atoms with Gasteiger partial charge in [-0.2, -0.15) is 0 Å². The van der Waals surface area contributed by atoms with E-state index < -0.39 is 0 Å². The highest BCUT2D eigenvalue weighted by atomic mass is 35.5. The molecular formula is C23H26ClNO4. The topological polar surface area (TPSA) is 59.0 Å². The maximum Gasteiger partial charge on any atom is 0.330 e. The maximum absolute atomic E-state index is 11.3. The Morgan fingerprint density at radius 3 is 2.86 bits per heavy atom. The van der Waals surface area contributed by atoms with Crippen LogP contribution in [0.3, 0.4) is 0 Å². The molecule has 0 amide bonds. The van der Waals surface area contributed by atoms with E-state index in [-0.39, 0.29) is 18.6 Å². The summed E-state index contributed by atoms with van der Waals surface area (Å²) >= 11 is 6.15. The molecule has 29 heavy (non-hydrogen) atoms. The molecular weight excluding hydrogens is 390 g/mol. The molecule has 6 heteroatoms. The first-order chi connectivity index (χ1) is 14.1. The summed E-state index contributed by atoms with van der Waals surface area (Å²) in [6.45, 7) is 1.87. The van der Waals surface area contributed by atoms with Crippen LogP contribution in [0, 0.1) is 0 Å². The van der Waals surface area contributed by atoms with Gasteiger partial charge in [0.15, 0.2) is 0 Å². The summed E-state index contributed by atoms with van der Waals surface area (Å²) in [5, 5.41) is 10.1. The van der Waals surface area contributed by atoms with Crippen molar-refractivity contribution in [3.63, 3.8) is 0 Å². The number of fused-ring (bicyclic) bond motifs is 1. The second kappa shape index (κ2) is 10.4. The van der Waals surface area contributed by atoms with Gasteiger partial charge in [0.2, 0.25) is 0 Å². The van der Waals surface area contributed by atoms with E-state index in [4.69, 9.17) is 16.3 Å². The van der Waals surface area contributed by atoms with Gasteiger partial charge < -0.3 is 14.6 Å². The first kappa shape index (κ1) is 21.4. The zero-order chi connectivity index (χ0) is 20.6. The summed E-state index contributed by atoms with van der Waals surface area (Å²) in [7, 11) is 1.37. The van der Waals surface area contributed by atoms with E-state index in [2.05, 4.69) is 21.8 Å². The molecule has 1 unspecified atom stereocenters. The highest BCUT2D eigenvalue weighted by Gasteiger charge is 2.27. The van der Waals surface area contributed by atoms with E-state index in [9.17, 15) is 9.90 Å². The lowest BCUT2D eigenvalue weighted by Gasteiger charge is -2.29. The van der Waals surface area contributed by atoms with Gasteiger partial charge in [-0.15, -0.1) is 0 Å². The lowest BCUT2D eigenvalue weighted by Crippen LogP contribution is -2.34. The number of aliphatic hydroxyl groups excluding tert-OH is 1. The minimum absolute atomic E-state index is 0.0951. The van der Waals surface area contributed by atoms with Gasteiger partial charge >= 0.3 is 5.97 Å². The summed E-state index contributed by atoms with van der Waals surface area (Å²) < 4.78 is 10.5. The van der Waals surface area contributed by atoms with Crippen LogP contribution in [0.4, 0.5) is 0 Å². The maximum atomic E-state index is 11.3. The fourth-order valence-corrected chi connectivity index (χ4v) is 3.91. The van der Waals surface area contributed by atoms with Crippen molar-refractivity contribution in [3.8, 4) is 5.75 Å². The SMILES string of the molecule is COC(=O)C=Cc1ccc2c(c1)CCC2N(CCO)CCOc1ccccc1Cl. The number of nitrogens with zero attached hydrogens (tertiary/aromatic N) is 1. The van der Waals surface area contributed by atoms with Gasteiger partial charge in [-0.05, 0) is 47.7 Å². The number of benzene rings is 2. The molecule has 0 fully saturated rings. The first-order valence-electron chi connectivity index (χ1n) is 9.73. The first-order valence-corrected chi connectivity index (χ1v) is 10.1. The van der Waals surface area contributed by atoms with E-state index >= 15 is 0 Å². The molecule has 0 bridgehead atoms. The number of hydrogen-bond acceptors (Lipinski definition) is 5. The van der Waals surface area contributed by atoms with Crippen LogP contribution in [0.2, 0.25) is 5.02 Å². The third-order valence-electron chi connectivity index (χ3n) is 5.13. The molecule has 0 aromatic heterocycles. The van der Waals surface area contributed by atoms with Crippen molar-refractivity contribution in [1.82, 2.24) is 4.90 Å². The Morgan fingerprint density at radius 1 is 1.28 bits per heavy atom. The highest BCUT2D eigenvalue weighted by Crippen LogP contribution is 2.36. The molecule has 0 saturated heterocycles. The second-order valence-electron chi connectivity index (χ2n) is 6.91. The molecule has 0 spiro atoms. The average Bonchev–Trinajstić information content (AvgIpc) is 3.15. The second-order valence-corrected chi connectivity index (χ2v) is 7.31. The monoisotopic (exact) mass is 415 g/mol. The molecule has 1 aliphatic carbocycles. The van der Waals surface area contributed by atoms with E-state index in [1.54, 1.807) is 6.08 Å². The largest absolute Gasteiger partial charge is 0.491 e. The molecule has 0 radical (unpaired) electrons. The Balaban J connectivity index is 1.66. The quantitative estimate of drug-likeness (QED) is 0.497. The smallest absolute Gasteiger partial charge is 0.330 e. The van der Waals surface area contributed by atoms with Crippen molar-refractivity contribution in [1.29, 1.82) is 0 Å². The number of carbonyl (C=O) groups excluding carboxylic acids is 1. The van der Waals surface area contributed by atoms with Gasteiger partial charge in [-0.1, -0.05) is 41.9 Å². The number of para-hydroxylation sites is 1. The average molecular weight is 416 g/mol. The third kappa shape index (κ3) is 5.60. The van der Waals surface area contributed by atoms with Crippen molar-refractivity contribution >= 4 is 23.6 Å². The van der Waals surface area contributed by atoms with E-state index in [0.717, 1.165) is 18.4 Å². The zero-order valence-corrected chi connectivity index (χ0v) is 17.3. The minimum atomic E-state index is -0.365. The predicted molar refractivity (Wildman–Crippen MR) is 114 cm³/mol. The summed E-state index contributed by atoms with van der Waals surface area (Å²) in [5.41, 5.74) is 3.52. The molecule has 3 rings (SSSR count). The zero-order valence-electron chi connectivity index (χ0n) is 16.5. The summed E-state index contributed by atoms with van der Waals surface area (Å²) in [6, 6.07) is 13.9. The predicted octanol–water partition coefficient (Wildman–Crippen LogP) is 3.89. The molecule has 1 atom stereocenters. The van der Waals surface area contributed by atoms with Gasteiger partial charge in [-0.3, -0.25) is 4.90 Å². The Kier molecular flexibility index (Phi) is 7.69. The number of carbonyl (C=O) groups is 1. The third-order valence-corrected chi connectivity index (χ3v) is 5.44. The fraction of sp³-hybridized carbons (Fsp3) is 0.348.